The van der Waals surface area contributed by atoms with Crippen molar-refractivity contribution >= 4 is 28.8 Å². The van der Waals surface area contributed by atoms with Gasteiger partial charge in [-0.3, -0.25) is 4.79 Å². The van der Waals surface area contributed by atoms with E-state index in [1.165, 1.54) is 18.4 Å². The molecule has 104 valence electrons. The van der Waals surface area contributed by atoms with Gasteiger partial charge >= 0.3 is 5.97 Å². The number of hydrogen-bond acceptors (Lipinski definition) is 5. The Bertz CT molecular complexity index is 590. The van der Waals surface area contributed by atoms with Gasteiger partial charge in [0, 0.05) is 5.69 Å². The molecule has 0 aliphatic rings. The number of thiophene rings is 1. The highest BCUT2D eigenvalue weighted by Gasteiger charge is 2.15. The minimum Gasteiger partial charge on any atom is -0.465 e. The summed E-state index contributed by atoms with van der Waals surface area (Å²) in [5.74, 6) is -0.323. The number of nitrogens with one attached hydrogen (secondary N) is 1. The molecule has 20 heavy (non-hydrogen) atoms. The predicted octanol–water partition coefficient (Wildman–Crippen LogP) is 3.22. The molecule has 0 saturated carbocycles. The molecular formula is C15H15NO3S. The van der Waals surface area contributed by atoms with Crippen LogP contribution in [0.4, 0.5) is 5.69 Å². The molecular weight excluding hydrogens is 274 g/mol. The number of benzene rings is 1. The Hall–Kier alpha value is -2.14. The van der Waals surface area contributed by atoms with E-state index in [1.54, 1.807) is 24.3 Å². The fourth-order valence-corrected chi connectivity index (χ4v) is 2.52. The van der Waals surface area contributed by atoms with Gasteiger partial charge < -0.3 is 10.1 Å². The SMILES string of the molecule is COC(=O)c1ccc(N[C@@H](C)C(=O)c2cccs2)cc1. The maximum absolute atomic E-state index is 12.1. The zero-order chi connectivity index (χ0) is 14.5. The van der Waals surface area contributed by atoms with E-state index in [0.717, 1.165) is 10.6 Å². The van der Waals surface area contributed by atoms with Gasteiger partial charge in [-0.15, -0.1) is 11.3 Å². The van der Waals surface area contributed by atoms with Crippen molar-refractivity contribution in [2.45, 2.75) is 13.0 Å². The van der Waals surface area contributed by atoms with Gasteiger partial charge in [0.2, 0.25) is 0 Å². The standard InChI is InChI=1S/C15H15NO3S/c1-10(14(17)13-4-3-9-20-13)16-12-7-5-11(6-8-12)15(18)19-2/h3-10,16H,1-2H3/t10-/m0/s1. The third-order valence-electron chi connectivity index (χ3n) is 2.85. The van der Waals surface area contributed by atoms with Crippen LogP contribution in [-0.4, -0.2) is 24.9 Å². The van der Waals surface area contributed by atoms with E-state index in [0.29, 0.717) is 5.56 Å². The van der Waals surface area contributed by atoms with Crippen LogP contribution >= 0.6 is 11.3 Å². The van der Waals surface area contributed by atoms with E-state index < -0.39 is 0 Å². The molecule has 0 bridgehead atoms. The summed E-state index contributed by atoms with van der Waals surface area (Å²) >= 11 is 1.43. The molecule has 0 saturated heterocycles. The number of carbonyl (C=O) groups is 2. The molecule has 0 unspecified atom stereocenters. The second kappa shape index (κ2) is 6.34. The van der Waals surface area contributed by atoms with Gasteiger partial charge in [0.15, 0.2) is 5.78 Å². The molecule has 0 spiro atoms. The first-order chi connectivity index (χ1) is 9.61. The molecule has 2 rings (SSSR count). The Morgan fingerprint density at radius 1 is 1.20 bits per heavy atom. The molecule has 1 aromatic heterocycles. The van der Waals surface area contributed by atoms with Crippen molar-refractivity contribution in [2.75, 3.05) is 12.4 Å². The number of anilines is 1. The van der Waals surface area contributed by atoms with Crippen molar-refractivity contribution in [2.24, 2.45) is 0 Å². The quantitative estimate of drug-likeness (QED) is 0.678. The Morgan fingerprint density at radius 2 is 1.90 bits per heavy atom. The van der Waals surface area contributed by atoms with Crippen molar-refractivity contribution in [1.82, 2.24) is 0 Å². The first kappa shape index (κ1) is 14.3. The largest absolute Gasteiger partial charge is 0.465 e. The number of methoxy groups -OCH3 is 1. The average molecular weight is 289 g/mol. The average Bonchev–Trinajstić information content (AvgIpc) is 3.00. The molecule has 1 N–H and O–H groups in total. The van der Waals surface area contributed by atoms with E-state index in [4.69, 9.17) is 0 Å². The smallest absolute Gasteiger partial charge is 0.337 e. The summed E-state index contributed by atoms with van der Waals surface area (Å²) in [5, 5.41) is 5.00. The van der Waals surface area contributed by atoms with E-state index >= 15 is 0 Å². The highest BCUT2D eigenvalue weighted by atomic mass is 32.1. The van der Waals surface area contributed by atoms with Crippen LogP contribution in [0.1, 0.15) is 27.0 Å². The Labute approximate surface area is 121 Å². The molecule has 0 amide bonds. The number of ketones is 1. The molecule has 2 aromatic rings. The van der Waals surface area contributed by atoms with Crippen molar-refractivity contribution in [1.29, 1.82) is 0 Å². The maximum Gasteiger partial charge on any atom is 0.337 e. The Kier molecular flexibility index (Phi) is 4.53. The first-order valence-electron chi connectivity index (χ1n) is 6.14. The minimum atomic E-state index is -0.376. The molecule has 5 heteroatoms. The number of esters is 1. The van der Waals surface area contributed by atoms with Crippen molar-refractivity contribution < 1.29 is 14.3 Å². The molecule has 0 fully saturated rings. The third kappa shape index (κ3) is 3.24. The predicted molar refractivity (Wildman–Crippen MR) is 79.5 cm³/mol. The van der Waals surface area contributed by atoms with Crippen LogP contribution in [0.2, 0.25) is 0 Å². The molecule has 1 atom stereocenters. The number of carbonyl (C=O) groups excluding carboxylic acids is 2. The first-order valence-corrected chi connectivity index (χ1v) is 7.02. The highest BCUT2D eigenvalue weighted by molar-refractivity contribution is 7.12. The second-order valence-corrected chi connectivity index (χ2v) is 5.22. The van der Waals surface area contributed by atoms with E-state index in [2.05, 4.69) is 10.1 Å². The van der Waals surface area contributed by atoms with Crippen molar-refractivity contribution in [3.63, 3.8) is 0 Å². The van der Waals surface area contributed by atoms with E-state index in [-0.39, 0.29) is 17.8 Å². The zero-order valence-electron chi connectivity index (χ0n) is 11.3. The van der Waals surface area contributed by atoms with Crippen LogP contribution in [0.3, 0.4) is 0 Å². The molecule has 1 aromatic carbocycles. The van der Waals surface area contributed by atoms with Crippen molar-refractivity contribution in [3.8, 4) is 0 Å². The van der Waals surface area contributed by atoms with Crippen molar-refractivity contribution in [3.05, 3.63) is 52.2 Å². The lowest BCUT2D eigenvalue weighted by Crippen LogP contribution is -2.25. The number of ether oxygens (including phenoxy) is 1. The van der Waals surface area contributed by atoms with Crippen LogP contribution in [0.25, 0.3) is 0 Å². The summed E-state index contributed by atoms with van der Waals surface area (Å²) in [4.78, 5) is 24.2. The van der Waals surface area contributed by atoms with Crippen LogP contribution in [0.5, 0.6) is 0 Å². The molecule has 0 aliphatic heterocycles. The number of Topliss-reactive ketones (excluding diaryl/α,β-unsaturated/α-hetero) is 1. The topological polar surface area (TPSA) is 55.4 Å². The highest BCUT2D eigenvalue weighted by Crippen LogP contribution is 2.16. The number of hydrogen-bond donors (Lipinski definition) is 1. The lowest BCUT2D eigenvalue weighted by Gasteiger charge is -2.13. The lowest BCUT2D eigenvalue weighted by atomic mass is 10.1. The Morgan fingerprint density at radius 3 is 2.45 bits per heavy atom. The summed E-state index contributed by atoms with van der Waals surface area (Å²) in [5.41, 5.74) is 1.27. The van der Waals surface area contributed by atoms with Gasteiger partial charge in [-0.05, 0) is 42.6 Å². The molecule has 1 heterocycles. The summed E-state index contributed by atoms with van der Waals surface area (Å²) < 4.78 is 4.63. The Balaban J connectivity index is 2.03. The summed E-state index contributed by atoms with van der Waals surface area (Å²) in [6.07, 6.45) is 0. The zero-order valence-corrected chi connectivity index (χ0v) is 12.1. The van der Waals surface area contributed by atoms with Gasteiger partial charge in [0.25, 0.3) is 0 Å². The maximum atomic E-state index is 12.1. The number of rotatable bonds is 5. The summed E-state index contributed by atoms with van der Waals surface area (Å²) in [7, 11) is 1.34. The summed E-state index contributed by atoms with van der Waals surface area (Å²) in [6, 6.07) is 10.2. The van der Waals surface area contributed by atoms with Gasteiger partial charge in [0.1, 0.15) is 0 Å². The van der Waals surface area contributed by atoms with Gasteiger partial charge in [-0.25, -0.2) is 4.79 Å². The minimum absolute atomic E-state index is 0.0528. The third-order valence-corrected chi connectivity index (χ3v) is 3.73. The van der Waals surface area contributed by atoms with Gasteiger partial charge in [0.05, 0.1) is 23.6 Å². The van der Waals surface area contributed by atoms with E-state index in [1.807, 2.05) is 24.4 Å². The van der Waals surface area contributed by atoms with Crippen LogP contribution in [0, 0.1) is 0 Å². The van der Waals surface area contributed by atoms with Crippen LogP contribution in [-0.2, 0) is 4.74 Å². The molecule has 0 radical (unpaired) electrons. The fraction of sp³-hybridized carbons (Fsp3) is 0.200. The van der Waals surface area contributed by atoms with Crippen LogP contribution < -0.4 is 5.32 Å². The van der Waals surface area contributed by atoms with Gasteiger partial charge in [-0.1, -0.05) is 6.07 Å². The second-order valence-electron chi connectivity index (χ2n) is 4.28. The lowest BCUT2D eigenvalue weighted by molar-refractivity contribution is 0.0600. The fourth-order valence-electron chi connectivity index (χ4n) is 1.77. The van der Waals surface area contributed by atoms with Gasteiger partial charge in [-0.2, -0.15) is 0 Å². The van der Waals surface area contributed by atoms with Crippen LogP contribution in [0.15, 0.2) is 41.8 Å². The monoisotopic (exact) mass is 289 g/mol. The summed E-state index contributed by atoms with van der Waals surface area (Å²) in [6.45, 7) is 1.82. The molecule has 0 aliphatic carbocycles. The van der Waals surface area contributed by atoms with E-state index in [9.17, 15) is 9.59 Å². The molecule has 4 nitrogen and oxygen atoms in total. The normalized spacial score (nSPS) is 11.7.